The molecule has 2 heteroatoms. The largest absolute Gasteiger partial charge is 0.314 e. The van der Waals surface area contributed by atoms with Crippen molar-refractivity contribution in [1.29, 1.82) is 0 Å². The maximum atomic E-state index is 3.55. The van der Waals surface area contributed by atoms with Gasteiger partial charge < -0.3 is 10.2 Å². The molecular weight excluding hydrogens is 160 g/mol. The molecule has 0 heterocycles. The van der Waals surface area contributed by atoms with Gasteiger partial charge in [0.1, 0.15) is 0 Å². The number of hydrogen-bond donors (Lipinski definition) is 1. The van der Waals surface area contributed by atoms with Crippen molar-refractivity contribution in [2.45, 2.75) is 40.2 Å². The molecule has 0 aliphatic rings. The van der Waals surface area contributed by atoms with E-state index in [9.17, 15) is 0 Å². The zero-order valence-electron chi connectivity index (χ0n) is 10.1. The third kappa shape index (κ3) is 7.03. The molecule has 0 fully saturated rings. The highest BCUT2D eigenvalue weighted by Gasteiger charge is 2.18. The van der Waals surface area contributed by atoms with Gasteiger partial charge in [0.25, 0.3) is 0 Å². The van der Waals surface area contributed by atoms with E-state index in [1.165, 1.54) is 6.42 Å². The zero-order valence-corrected chi connectivity index (χ0v) is 10.1. The third-order valence-electron chi connectivity index (χ3n) is 2.29. The van der Waals surface area contributed by atoms with E-state index in [-0.39, 0.29) is 0 Å². The highest BCUT2D eigenvalue weighted by atomic mass is 15.1. The molecule has 0 aromatic heterocycles. The first-order valence-corrected chi connectivity index (χ1v) is 5.25. The van der Waals surface area contributed by atoms with Crippen LogP contribution < -0.4 is 5.32 Å². The molecule has 1 atom stereocenters. The number of rotatable bonds is 6. The quantitative estimate of drug-likeness (QED) is 0.682. The van der Waals surface area contributed by atoms with E-state index < -0.39 is 0 Å². The lowest BCUT2D eigenvalue weighted by molar-refractivity contribution is 0.226. The Morgan fingerprint density at radius 3 is 2.23 bits per heavy atom. The molecule has 0 rings (SSSR count). The van der Waals surface area contributed by atoms with Crippen molar-refractivity contribution in [3.05, 3.63) is 0 Å². The molecule has 0 saturated carbocycles. The maximum absolute atomic E-state index is 3.55. The van der Waals surface area contributed by atoms with Crippen LogP contribution in [0, 0.1) is 5.41 Å². The van der Waals surface area contributed by atoms with Crippen molar-refractivity contribution in [2.75, 3.05) is 27.2 Å². The van der Waals surface area contributed by atoms with E-state index in [1.54, 1.807) is 0 Å². The molecule has 80 valence electrons. The van der Waals surface area contributed by atoms with Gasteiger partial charge >= 0.3 is 0 Å². The van der Waals surface area contributed by atoms with Crippen molar-refractivity contribution in [2.24, 2.45) is 5.41 Å². The van der Waals surface area contributed by atoms with Crippen molar-refractivity contribution >= 4 is 0 Å². The Hall–Kier alpha value is -0.0800. The Bertz CT molecular complexity index is 130. The first-order chi connectivity index (χ1) is 5.87. The summed E-state index contributed by atoms with van der Waals surface area (Å²) in [4.78, 5) is 2.25. The standard InChI is InChI=1S/C11H26N2/c1-7-10(2)12-8-11(3,4)9-13(5)6/h10,12H,7-9H2,1-6H3/t10-/m1/s1. The number of nitrogens with zero attached hydrogens (tertiary/aromatic N) is 1. The van der Waals surface area contributed by atoms with E-state index in [0.717, 1.165) is 13.1 Å². The SMILES string of the molecule is CC[C@@H](C)NCC(C)(C)CN(C)C. The Kier molecular flexibility index (Phi) is 5.57. The van der Waals surface area contributed by atoms with Gasteiger partial charge in [-0.2, -0.15) is 0 Å². The minimum atomic E-state index is 0.368. The van der Waals surface area contributed by atoms with E-state index >= 15 is 0 Å². The number of nitrogens with one attached hydrogen (secondary N) is 1. The van der Waals surface area contributed by atoms with Crippen molar-refractivity contribution in [1.82, 2.24) is 10.2 Å². The second-order valence-electron chi connectivity index (χ2n) is 5.09. The minimum Gasteiger partial charge on any atom is -0.314 e. The van der Waals surface area contributed by atoms with E-state index in [2.05, 4.69) is 52.0 Å². The van der Waals surface area contributed by atoms with Gasteiger partial charge in [0.15, 0.2) is 0 Å². The summed E-state index contributed by atoms with van der Waals surface area (Å²) in [5.41, 5.74) is 0.368. The lowest BCUT2D eigenvalue weighted by atomic mass is 9.92. The van der Waals surface area contributed by atoms with Crippen LogP contribution in [0.5, 0.6) is 0 Å². The summed E-state index contributed by atoms with van der Waals surface area (Å²) in [6.45, 7) is 11.3. The highest BCUT2D eigenvalue weighted by Crippen LogP contribution is 2.14. The highest BCUT2D eigenvalue weighted by molar-refractivity contribution is 4.75. The molecule has 0 spiro atoms. The van der Waals surface area contributed by atoms with Gasteiger partial charge in [-0.3, -0.25) is 0 Å². The topological polar surface area (TPSA) is 15.3 Å². The van der Waals surface area contributed by atoms with Gasteiger partial charge in [0.05, 0.1) is 0 Å². The minimum absolute atomic E-state index is 0.368. The Labute approximate surface area is 83.7 Å². The van der Waals surface area contributed by atoms with Crippen LogP contribution in [0.4, 0.5) is 0 Å². The van der Waals surface area contributed by atoms with Gasteiger partial charge in [0, 0.05) is 19.1 Å². The van der Waals surface area contributed by atoms with Crippen molar-refractivity contribution in [3.63, 3.8) is 0 Å². The molecule has 13 heavy (non-hydrogen) atoms. The monoisotopic (exact) mass is 186 g/mol. The van der Waals surface area contributed by atoms with E-state index in [4.69, 9.17) is 0 Å². The smallest absolute Gasteiger partial charge is 0.00387 e. The predicted octanol–water partition coefficient (Wildman–Crippen LogP) is 1.96. The molecule has 0 bridgehead atoms. The molecule has 0 amide bonds. The molecule has 0 saturated heterocycles. The molecule has 1 N–H and O–H groups in total. The second-order valence-corrected chi connectivity index (χ2v) is 5.09. The first kappa shape index (κ1) is 12.9. The molecule has 0 unspecified atom stereocenters. The first-order valence-electron chi connectivity index (χ1n) is 5.25. The summed E-state index contributed by atoms with van der Waals surface area (Å²) in [5, 5.41) is 3.55. The van der Waals surface area contributed by atoms with Crippen LogP contribution in [0.15, 0.2) is 0 Å². The Morgan fingerprint density at radius 2 is 1.85 bits per heavy atom. The average molecular weight is 186 g/mol. The fourth-order valence-electron chi connectivity index (χ4n) is 1.51. The fraction of sp³-hybridized carbons (Fsp3) is 1.00. The van der Waals surface area contributed by atoms with Gasteiger partial charge in [-0.15, -0.1) is 0 Å². The molecule has 0 aromatic carbocycles. The fourth-order valence-corrected chi connectivity index (χ4v) is 1.51. The Balaban J connectivity index is 3.74. The van der Waals surface area contributed by atoms with Crippen LogP contribution in [0.3, 0.4) is 0 Å². The van der Waals surface area contributed by atoms with Gasteiger partial charge in [-0.25, -0.2) is 0 Å². The Morgan fingerprint density at radius 1 is 1.31 bits per heavy atom. The summed E-state index contributed by atoms with van der Waals surface area (Å²) in [5.74, 6) is 0. The van der Waals surface area contributed by atoms with Crippen LogP contribution in [0.2, 0.25) is 0 Å². The average Bonchev–Trinajstić information content (AvgIpc) is 1.98. The van der Waals surface area contributed by atoms with Crippen molar-refractivity contribution in [3.8, 4) is 0 Å². The molecular formula is C11H26N2. The normalized spacial score (nSPS) is 15.0. The summed E-state index contributed by atoms with van der Waals surface area (Å²) >= 11 is 0. The summed E-state index contributed by atoms with van der Waals surface area (Å²) < 4.78 is 0. The summed E-state index contributed by atoms with van der Waals surface area (Å²) in [7, 11) is 4.26. The maximum Gasteiger partial charge on any atom is 0.00387 e. The van der Waals surface area contributed by atoms with Gasteiger partial charge in [-0.05, 0) is 32.9 Å². The molecule has 0 radical (unpaired) electrons. The molecule has 0 aliphatic heterocycles. The van der Waals surface area contributed by atoms with Crippen LogP contribution in [-0.2, 0) is 0 Å². The van der Waals surface area contributed by atoms with Crippen molar-refractivity contribution < 1.29 is 0 Å². The van der Waals surface area contributed by atoms with E-state index in [0.29, 0.717) is 11.5 Å². The second kappa shape index (κ2) is 5.61. The predicted molar refractivity (Wildman–Crippen MR) is 60.1 cm³/mol. The summed E-state index contributed by atoms with van der Waals surface area (Å²) in [6.07, 6.45) is 1.21. The zero-order chi connectivity index (χ0) is 10.5. The molecule has 2 nitrogen and oxygen atoms in total. The molecule has 0 aromatic rings. The number of hydrogen-bond acceptors (Lipinski definition) is 2. The van der Waals surface area contributed by atoms with E-state index in [1.807, 2.05) is 0 Å². The van der Waals surface area contributed by atoms with Crippen LogP contribution in [0.25, 0.3) is 0 Å². The summed E-state index contributed by atoms with van der Waals surface area (Å²) in [6, 6.07) is 0.640. The molecule has 0 aliphatic carbocycles. The van der Waals surface area contributed by atoms with Gasteiger partial charge in [0.2, 0.25) is 0 Å². The van der Waals surface area contributed by atoms with Crippen LogP contribution in [-0.4, -0.2) is 38.1 Å². The lowest BCUT2D eigenvalue weighted by Crippen LogP contribution is -2.40. The van der Waals surface area contributed by atoms with Gasteiger partial charge in [-0.1, -0.05) is 20.8 Å². The van der Waals surface area contributed by atoms with Crippen LogP contribution >= 0.6 is 0 Å². The van der Waals surface area contributed by atoms with Crippen LogP contribution in [0.1, 0.15) is 34.1 Å². The lowest BCUT2D eigenvalue weighted by Gasteiger charge is -2.29. The third-order valence-corrected chi connectivity index (χ3v) is 2.29.